The Morgan fingerprint density at radius 1 is 1.28 bits per heavy atom. The molecule has 0 saturated carbocycles. The molecule has 0 aliphatic rings. The summed E-state index contributed by atoms with van der Waals surface area (Å²) in [6.07, 6.45) is -0.223. The number of nitrogens with zero attached hydrogens (tertiary/aromatic N) is 3. The quantitative estimate of drug-likeness (QED) is 0.897. The standard InChI is InChI=1S/C11H11F3N4/c1-7(15)9-5-16-6-18(9)8-2-3-10(17-4-8)11(12,13)14/h2-7H,15H2,1H3/t7-/m0/s1. The van der Waals surface area contributed by atoms with E-state index in [-0.39, 0.29) is 6.04 Å². The second-order valence-corrected chi connectivity index (χ2v) is 3.88. The molecule has 1 atom stereocenters. The molecule has 4 nitrogen and oxygen atoms in total. The van der Waals surface area contributed by atoms with Crippen LogP contribution in [-0.4, -0.2) is 14.5 Å². The molecule has 7 heteroatoms. The van der Waals surface area contributed by atoms with E-state index in [0.717, 1.165) is 12.3 Å². The SMILES string of the molecule is C[C@H](N)c1cncn1-c1ccc(C(F)(F)F)nc1. The molecule has 96 valence electrons. The second kappa shape index (κ2) is 4.41. The van der Waals surface area contributed by atoms with Gasteiger partial charge in [-0.2, -0.15) is 13.2 Å². The van der Waals surface area contributed by atoms with Crippen LogP contribution in [-0.2, 0) is 6.18 Å². The fourth-order valence-electron chi connectivity index (χ4n) is 1.55. The zero-order valence-electron chi connectivity index (χ0n) is 9.52. The van der Waals surface area contributed by atoms with E-state index in [1.165, 1.54) is 12.4 Å². The molecule has 0 spiro atoms. The first-order valence-corrected chi connectivity index (χ1v) is 5.21. The molecule has 0 radical (unpaired) electrons. The summed E-state index contributed by atoms with van der Waals surface area (Å²) in [5, 5.41) is 0. The van der Waals surface area contributed by atoms with Gasteiger partial charge < -0.3 is 10.3 Å². The van der Waals surface area contributed by atoms with E-state index in [9.17, 15) is 13.2 Å². The Labute approximate surface area is 101 Å². The van der Waals surface area contributed by atoms with Crippen LogP contribution in [0.1, 0.15) is 24.4 Å². The van der Waals surface area contributed by atoms with Crippen molar-refractivity contribution in [3.8, 4) is 5.69 Å². The van der Waals surface area contributed by atoms with E-state index in [1.807, 2.05) is 0 Å². The fraction of sp³-hybridized carbons (Fsp3) is 0.273. The molecule has 0 aliphatic heterocycles. The van der Waals surface area contributed by atoms with Crippen molar-refractivity contribution in [1.29, 1.82) is 0 Å². The summed E-state index contributed by atoms with van der Waals surface area (Å²) in [6, 6.07) is 2.00. The zero-order valence-corrected chi connectivity index (χ0v) is 9.52. The zero-order chi connectivity index (χ0) is 13.3. The molecular weight excluding hydrogens is 245 g/mol. The first kappa shape index (κ1) is 12.6. The molecule has 0 saturated heterocycles. The highest BCUT2D eigenvalue weighted by Gasteiger charge is 2.32. The number of hydrogen-bond acceptors (Lipinski definition) is 3. The van der Waals surface area contributed by atoms with Crippen molar-refractivity contribution in [1.82, 2.24) is 14.5 Å². The molecule has 2 heterocycles. The van der Waals surface area contributed by atoms with Crippen LogP contribution >= 0.6 is 0 Å². The van der Waals surface area contributed by atoms with Crippen LogP contribution in [0.2, 0.25) is 0 Å². The number of halogens is 3. The molecule has 0 amide bonds. The number of aromatic nitrogens is 3. The summed E-state index contributed by atoms with van der Waals surface area (Å²) in [7, 11) is 0. The van der Waals surface area contributed by atoms with Crippen molar-refractivity contribution in [3.05, 3.63) is 42.2 Å². The van der Waals surface area contributed by atoms with Gasteiger partial charge in [0.25, 0.3) is 0 Å². The molecular formula is C11H11F3N4. The molecule has 0 unspecified atom stereocenters. The van der Waals surface area contributed by atoms with Crippen LogP contribution < -0.4 is 5.73 Å². The van der Waals surface area contributed by atoms with Crippen LogP contribution in [0.25, 0.3) is 5.69 Å². The topological polar surface area (TPSA) is 56.7 Å². The van der Waals surface area contributed by atoms with E-state index in [1.54, 1.807) is 17.7 Å². The van der Waals surface area contributed by atoms with E-state index >= 15 is 0 Å². The number of hydrogen-bond donors (Lipinski definition) is 1. The lowest BCUT2D eigenvalue weighted by Gasteiger charge is -2.11. The van der Waals surface area contributed by atoms with Gasteiger partial charge in [0.05, 0.1) is 30.1 Å². The van der Waals surface area contributed by atoms with E-state index in [4.69, 9.17) is 5.73 Å². The Hall–Kier alpha value is -1.89. The Bertz CT molecular complexity index is 528. The minimum absolute atomic E-state index is 0.269. The lowest BCUT2D eigenvalue weighted by Crippen LogP contribution is -2.12. The van der Waals surface area contributed by atoms with Gasteiger partial charge in [-0.1, -0.05) is 0 Å². The van der Waals surface area contributed by atoms with Crippen LogP contribution in [0, 0.1) is 0 Å². The summed E-state index contributed by atoms with van der Waals surface area (Å²) in [5.74, 6) is 0. The molecule has 2 rings (SSSR count). The molecule has 2 aromatic heterocycles. The Balaban J connectivity index is 2.38. The van der Waals surface area contributed by atoms with Gasteiger partial charge in [0, 0.05) is 6.04 Å². The van der Waals surface area contributed by atoms with Gasteiger partial charge >= 0.3 is 6.18 Å². The van der Waals surface area contributed by atoms with Gasteiger partial charge in [0.1, 0.15) is 5.69 Å². The lowest BCUT2D eigenvalue weighted by molar-refractivity contribution is -0.141. The van der Waals surface area contributed by atoms with Gasteiger partial charge in [-0.3, -0.25) is 0 Å². The normalized spacial score (nSPS) is 13.6. The maximum absolute atomic E-state index is 12.4. The Morgan fingerprint density at radius 3 is 2.50 bits per heavy atom. The molecule has 0 bridgehead atoms. The summed E-state index contributed by atoms with van der Waals surface area (Å²) in [5.41, 5.74) is 6.01. The van der Waals surface area contributed by atoms with Crippen LogP contribution in [0.15, 0.2) is 30.9 Å². The predicted octanol–water partition coefficient (Wildman–Crippen LogP) is 2.31. The number of pyridine rings is 1. The number of rotatable bonds is 2. The van der Waals surface area contributed by atoms with Crippen LogP contribution in [0.4, 0.5) is 13.2 Å². The van der Waals surface area contributed by atoms with Crippen molar-refractivity contribution in [2.75, 3.05) is 0 Å². The average Bonchev–Trinajstić information content (AvgIpc) is 2.77. The lowest BCUT2D eigenvalue weighted by atomic mass is 10.2. The smallest absolute Gasteiger partial charge is 0.323 e. The number of alkyl halides is 3. The maximum Gasteiger partial charge on any atom is 0.433 e. The summed E-state index contributed by atoms with van der Waals surface area (Å²) < 4.78 is 38.7. The minimum Gasteiger partial charge on any atom is -0.323 e. The number of nitrogens with two attached hydrogens (primary N) is 1. The van der Waals surface area contributed by atoms with Crippen molar-refractivity contribution in [3.63, 3.8) is 0 Å². The monoisotopic (exact) mass is 256 g/mol. The van der Waals surface area contributed by atoms with Crippen LogP contribution in [0.5, 0.6) is 0 Å². The Morgan fingerprint density at radius 2 is 2.00 bits per heavy atom. The first-order chi connectivity index (χ1) is 8.39. The van der Waals surface area contributed by atoms with E-state index < -0.39 is 11.9 Å². The van der Waals surface area contributed by atoms with Crippen LogP contribution in [0.3, 0.4) is 0 Å². The van der Waals surface area contributed by atoms with Crippen molar-refractivity contribution in [2.45, 2.75) is 19.1 Å². The summed E-state index contributed by atoms with van der Waals surface area (Å²) >= 11 is 0. The molecule has 0 aliphatic carbocycles. The highest BCUT2D eigenvalue weighted by atomic mass is 19.4. The van der Waals surface area contributed by atoms with Gasteiger partial charge in [0.2, 0.25) is 0 Å². The van der Waals surface area contributed by atoms with Gasteiger partial charge in [0.15, 0.2) is 0 Å². The summed E-state index contributed by atoms with van der Waals surface area (Å²) in [4.78, 5) is 7.32. The highest BCUT2D eigenvalue weighted by Crippen LogP contribution is 2.27. The van der Waals surface area contributed by atoms with Crippen molar-refractivity contribution in [2.24, 2.45) is 5.73 Å². The van der Waals surface area contributed by atoms with Gasteiger partial charge in [-0.25, -0.2) is 9.97 Å². The fourth-order valence-corrected chi connectivity index (χ4v) is 1.55. The minimum atomic E-state index is -4.43. The first-order valence-electron chi connectivity index (χ1n) is 5.21. The predicted molar refractivity (Wildman–Crippen MR) is 59.0 cm³/mol. The number of imidazole rings is 1. The molecule has 2 N–H and O–H groups in total. The second-order valence-electron chi connectivity index (χ2n) is 3.88. The average molecular weight is 256 g/mol. The highest BCUT2D eigenvalue weighted by molar-refractivity contribution is 5.33. The molecule has 0 fully saturated rings. The molecule has 2 aromatic rings. The maximum atomic E-state index is 12.4. The van der Waals surface area contributed by atoms with E-state index in [0.29, 0.717) is 11.4 Å². The third kappa shape index (κ3) is 2.35. The third-order valence-electron chi connectivity index (χ3n) is 2.45. The third-order valence-corrected chi connectivity index (χ3v) is 2.45. The van der Waals surface area contributed by atoms with Gasteiger partial charge in [-0.15, -0.1) is 0 Å². The summed E-state index contributed by atoms with van der Waals surface area (Å²) in [6.45, 7) is 1.77. The van der Waals surface area contributed by atoms with E-state index in [2.05, 4.69) is 9.97 Å². The molecule has 0 aromatic carbocycles. The van der Waals surface area contributed by atoms with Crippen molar-refractivity contribution < 1.29 is 13.2 Å². The van der Waals surface area contributed by atoms with Crippen molar-refractivity contribution >= 4 is 0 Å². The molecule has 18 heavy (non-hydrogen) atoms. The largest absolute Gasteiger partial charge is 0.433 e. The Kier molecular flexibility index (Phi) is 3.08. The van der Waals surface area contributed by atoms with Gasteiger partial charge in [-0.05, 0) is 19.1 Å².